The van der Waals surface area contributed by atoms with E-state index in [4.69, 9.17) is 4.18 Å². The van der Waals surface area contributed by atoms with Gasteiger partial charge in [-0.1, -0.05) is 83.9 Å². The van der Waals surface area contributed by atoms with Gasteiger partial charge in [-0.15, -0.1) is 0 Å². The predicted octanol–water partition coefficient (Wildman–Crippen LogP) is 5.16. The molecule has 2 unspecified atom stereocenters. The second-order valence-corrected chi connectivity index (χ2v) is 8.32. The molecule has 2 atom stereocenters. The molecule has 140 valence electrons. The second kappa shape index (κ2) is 14.2. The minimum absolute atomic E-state index is 0. The molecule has 1 aromatic rings. The van der Waals surface area contributed by atoms with Gasteiger partial charge in [-0.2, -0.15) is 8.42 Å². The first-order valence-electron chi connectivity index (χ1n) is 9.47. The zero-order valence-corrected chi connectivity index (χ0v) is 16.4. The third-order valence-corrected chi connectivity index (χ3v) is 6.01. The zero-order chi connectivity index (χ0) is 17.8. The summed E-state index contributed by atoms with van der Waals surface area (Å²) in [5.41, 5.74) is 0. The first kappa shape index (κ1) is 25.1. The van der Waals surface area contributed by atoms with Gasteiger partial charge in [-0.25, -0.2) is 0 Å². The molecule has 0 aliphatic rings. The Morgan fingerprint density at radius 1 is 0.880 bits per heavy atom. The molecule has 0 saturated carbocycles. The van der Waals surface area contributed by atoms with Crippen LogP contribution in [0.3, 0.4) is 0 Å². The van der Waals surface area contributed by atoms with Gasteiger partial charge in [0.2, 0.25) is 0 Å². The summed E-state index contributed by atoms with van der Waals surface area (Å²) in [6.45, 7) is 6.89. The van der Waals surface area contributed by atoms with Crippen molar-refractivity contribution in [3.63, 3.8) is 0 Å². The first-order chi connectivity index (χ1) is 11.5. The molecule has 0 aromatic heterocycles. The van der Waals surface area contributed by atoms with Gasteiger partial charge in [0.25, 0.3) is 10.1 Å². The fourth-order valence-corrected chi connectivity index (χ4v) is 4.05. The summed E-state index contributed by atoms with van der Waals surface area (Å²) in [4.78, 5) is 0.242. The van der Waals surface area contributed by atoms with E-state index in [9.17, 15) is 8.42 Å². The van der Waals surface area contributed by atoms with E-state index in [0.717, 1.165) is 18.8 Å². The molecule has 1 rings (SSSR count). The Morgan fingerprint density at radius 3 is 2.08 bits per heavy atom. The van der Waals surface area contributed by atoms with E-state index in [2.05, 4.69) is 20.8 Å². The van der Waals surface area contributed by atoms with Crippen LogP contribution in [0.5, 0.6) is 0 Å². The Balaban J connectivity index is 0.00000576. The average Bonchev–Trinajstić information content (AvgIpc) is 2.60. The summed E-state index contributed by atoms with van der Waals surface area (Å²) >= 11 is 0. The van der Waals surface area contributed by atoms with Gasteiger partial charge in [-0.05, 0) is 30.4 Å². The Labute approximate surface area is 177 Å². The molecule has 0 radical (unpaired) electrons. The zero-order valence-electron chi connectivity index (χ0n) is 15.5. The van der Waals surface area contributed by atoms with Gasteiger partial charge in [0.05, 0.1) is 11.5 Å². The molecule has 25 heavy (non-hydrogen) atoms. The molecule has 0 heterocycles. The van der Waals surface area contributed by atoms with Crippen LogP contribution in [0.25, 0.3) is 0 Å². The summed E-state index contributed by atoms with van der Waals surface area (Å²) in [6, 6.07) is 8.40. The molecule has 0 spiro atoms. The van der Waals surface area contributed by atoms with Crippen LogP contribution in [-0.2, 0) is 14.3 Å². The molecule has 0 N–H and O–H groups in total. The van der Waals surface area contributed by atoms with Crippen molar-refractivity contribution in [2.24, 2.45) is 11.8 Å². The molecule has 3 nitrogen and oxygen atoms in total. The van der Waals surface area contributed by atoms with E-state index < -0.39 is 10.1 Å². The number of rotatable bonds is 13. The van der Waals surface area contributed by atoms with E-state index in [1.807, 2.05) is 0 Å². The Hall–Kier alpha value is 0.130. The molecule has 0 aliphatic heterocycles. The summed E-state index contributed by atoms with van der Waals surface area (Å²) in [6.07, 6.45) is 9.52. The number of benzene rings is 1. The predicted molar refractivity (Wildman–Crippen MR) is 108 cm³/mol. The molecular formula is C20H35NaO3S. The van der Waals surface area contributed by atoms with Crippen molar-refractivity contribution >= 4 is 39.7 Å². The number of hydrogen-bond acceptors (Lipinski definition) is 3. The van der Waals surface area contributed by atoms with Gasteiger partial charge < -0.3 is 0 Å². The van der Waals surface area contributed by atoms with Crippen LogP contribution in [0.1, 0.15) is 72.1 Å². The summed E-state index contributed by atoms with van der Waals surface area (Å²) in [5.74, 6) is 1.08. The van der Waals surface area contributed by atoms with Gasteiger partial charge in [0, 0.05) is 0 Å². The van der Waals surface area contributed by atoms with Crippen molar-refractivity contribution in [3.8, 4) is 0 Å². The molecule has 1 aromatic carbocycles. The maximum absolute atomic E-state index is 12.2. The van der Waals surface area contributed by atoms with Crippen LogP contribution >= 0.6 is 0 Å². The number of unbranched alkanes of at least 4 members (excludes halogenated alkanes) is 1. The van der Waals surface area contributed by atoms with Crippen LogP contribution in [-0.4, -0.2) is 44.6 Å². The standard InChI is InChI=1S/C20H34O3S.Na.H/c1-4-7-12-19(11-5-2)16-15-18(6-3)17-23-24(21,22)20-13-9-8-10-14-20;;/h8-10,13-14,18-19H,4-7,11-12,15-17H2,1-3H3;;. The van der Waals surface area contributed by atoms with E-state index in [1.54, 1.807) is 30.3 Å². The fourth-order valence-electron chi connectivity index (χ4n) is 3.05. The minimum atomic E-state index is -3.63. The Morgan fingerprint density at radius 2 is 1.52 bits per heavy atom. The Kier molecular flexibility index (Phi) is 14.3. The molecule has 5 heteroatoms. The summed E-state index contributed by atoms with van der Waals surface area (Å²) in [5, 5.41) is 0. The monoisotopic (exact) mass is 378 g/mol. The third-order valence-electron chi connectivity index (χ3n) is 4.71. The fraction of sp³-hybridized carbons (Fsp3) is 0.700. The van der Waals surface area contributed by atoms with Crippen molar-refractivity contribution in [1.29, 1.82) is 0 Å². The van der Waals surface area contributed by atoms with Crippen LogP contribution in [0.4, 0.5) is 0 Å². The van der Waals surface area contributed by atoms with Crippen molar-refractivity contribution in [1.82, 2.24) is 0 Å². The molecular weight excluding hydrogens is 343 g/mol. The van der Waals surface area contributed by atoms with Gasteiger partial charge in [0.15, 0.2) is 0 Å². The van der Waals surface area contributed by atoms with Gasteiger partial charge >= 0.3 is 29.6 Å². The molecule has 0 saturated heterocycles. The first-order valence-corrected chi connectivity index (χ1v) is 10.9. The van der Waals surface area contributed by atoms with E-state index in [0.29, 0.717) is 12.5 Å². The topological polar surface area (TPSA) is 43.4 Å². The molecule has 0 aliphatic carbocycles. The average molecular weight is 379 g/mol. The normalized spacial score (nSPS) is 13.9. The summed E-state index contributed by atoms with van der Waals surface area (Å²) < 4.78 is 29.7. The third kappa shape index (κ3) is 10.1. The maximum atomic E-state index is 12.2. The van der Waals surface area contributed by atoms with E-state index in [1.165, 1.54) is 38.5 Å². The van der Waals surface area contributed by atoms with E-state index >= 15 is 0 Å². The molecule has 0 bridgehead atoms. The SMILES string of the molecule is CCCCC(CCC)CCC(CC)COS(=O)(=O)c1ccccc1.[NaH]. The van der Waals surface area contributed by atoms with Crippen LogP contribution < -0.4 is 0 Å². The van der Waals surface area contributed by atoms with Crippen molar-refractivity contribution in [2.75, 3.05) is 6.61 Å². The van der Waals surface area contributed by atoms with Crippen molar-refractivity contribution in [3.05, 3.63) is 30.3 Å². The van der Waals surface area contributed by atoms with Crippen LogP contribution in [0.15, 0.2) is 35.2 Å². The summed E-state index contributed by atoms with van der Waals surface area (Å²) in [7, 11) is -3.63. The number of hydrogen-bond donors (Lipinski definition) is 0. The van der Waals surface area contributed by atoms with Crippen molar-refractivity contribution < 1.29 is 12.6 Å². The van der Waals surface area contributed by atoms with Gasteiger partial charge in [0.1, 0.15) is 0 Å². The van der Waals surface area contributed by atoms with Crippen LogP contribution in [0.2, 0.25) is 0 Å². The quantitative estimate of drug-likeness (QED) is 0.352. The molecule has 0 fully saturated rings. The second-order valence-electron chi connectivity index (χ2n) is 6.70. The van der Waals surface area contributed by atoms with Gasteiger partial charge in [-0.3, -0.25) is 4.18 Å². The van der Waals surface area contributed by atoms with Crippen molar-refractivity contribution in [2.45, 2.75) is 77.0 Å². The van der Waals surface area contributed by atoms with E-state index in [-0.39, 0.29) is 34.5 Å². The molecule has 0 amide bonds. The Bertz CT molecular complexity index is 531. The van der Waals surface area contributed by atoms with Crippen LogP contribution in [0, 0.1) is 11.8 Å².